The molecule has 0 saturated carbocycles. The molecule has 0 amide bonds. The fourth-order valence-electron chi connectivity index (χ4n) is 1.92. The molecule has 0 radical (unpaired) electrons. The van der Waals surface area contributed by atoms with E-state index in [1.165, 1.54) is 19.3 Å². The first kappa shape index (κ1) is 13.9. The third-order valence-corrected chi connectivity index (χ3v) is 2.66. The van der Waals surface area contributed by atoms with Crippen molar-refractivity contribution in [2.45, 2.75) is 53.0 Å². The van der Waals surface area contributed by atoms with Crippen LogP contribution in [0.15, 0.2) is 0 Å². The topological polar surface area (TPSA) is 12.5 Å². The Bertz CT molecular complexity index is 108. The van der Waals surface area contributed by atoms with E-state index in [9.17, 15) is 0 Å². The predicted molar refractivity (Wildman–Crippen MR) is 62.7 cm³/mol. The van der Waals surface area contributed by atoms with Crippen LogP contribution in [0.1, 0.15) is 47.0 Å². The Morgan fingerprint density at radius 3 is 2.14 bits per heavy atom. The molecule has 86 valence electrons. The number of hydrogen-bond acceptors (Lipinski definition) is 2. The van der Waals surface area contributed by atoms with E-state index in [-0.39, 0.29) is 0 Å². The van der Waals surface area contributed by atoms with Gasteiger partial charge in [-0.2, -0.15) is 0 Å². The lowest BCUT2D eigenvalue weighted by atomic mass is 10.1. The number of hydrogen-bond donors (Lipinski definition) is 0. The molecule has 1 unspecified atom stereocenters. The van der Waals surface area contributed by atoms with E-state index in [2.05, 4.69) is 18.7 Å². The summed E-state index contributed by atoms with van der Waals surface area (Å²) in [5.41, 5.74) is 0. The number of rotatable bonds is 4. The molecule has 0 aromatic carbocycles. The Hall–Kier alpha value is -0.0800. The molecule has 1 fully saturated rings. The van der Waals surface area contributed by atoms with Gasteiger partial charge >= 0.3 is 0 Å². The summed E-state index contributed by atoms with van der Waals surface area (Å²) in [4.78, 5) is 2.58. The maximum absolute atomic E-state index is 5.33. The van der Waals surface area contributed by atoms with E-state index in [4.69, 9.17) is 4.74 Å². The summed E-state index contributed by atoms with van der Waals surface area (Å²) in [5.74, 6) is 0. The Balaban J connectivity index is 0.000000791. The van der Waals surface area contributed by atoms with E-state index in [1.807, 2.05) is 13.8 Å². The first-order valence-electron chi connectivity index (χ1n) is 6.20. The summed E-state index contributed by atoms with van der Waals surface area (Å²) in [6.07, 6.45) is 3.93. The molecule has 1 aliphatic heterocycles. The summed E-state index contributed by atoms with van der Waals surface area (Å²) in [6.45, 7) is 12.7. The minimum atomic E-state index is 0.805. The van der Waals surface area contributed by atoms with Crippen molar-refractivity contribution < 1.29 is 4.74 Å². The predicted octanol–water partition coefficient (Wildman–Crippen LogP) is 2.92. The summed E-state index contributed by atoms with van der Waals surface area (Å²) in [7, 11) is 0. The fraction of sp³-hybridized carbons (Fsp3) is 1.00. The second-order valence-corrected chi connectivity index (χ2v) is 3.50. The molecule has 1 heterocycles. The van der Waals surface area contributed by atoms with Gasteiger partial charge < -0.3 is 4.74 Å². The third-order valence-electron chi connectivity index (χ3n) is 2.66. The zero-order valence-electron chi connectivity index (χ0n) is 10.4. The van der Waals surface area contributed by atoms with Crippen molar-refractivity contribution in [1.82, 2.24) is 4.90 Å². The monoisotopic (exact) mass is 201 g/mol. The van der Waals surface area contributed by atoms with Gasteiger partial charge in [0, 0.05) is 19.1 Å². The standard InChI is InChI=1S/C10H21NO.C2H6/c1-3-5-10(4-2)11-6-8-12-9-7-11;1-2/h10H,3-9H2,1-2H3;1-2H3. The number of ether oxygens (including phenoxy) is 1. The average Bonchev–Trinajstić information content (AvgIpc) is 2.30. The van der Waals surface area contributed by atoms with Gasteiger partial charge in [0.15, 0.2) is 0 Å². The van der Waals surface area contributed by atoms with Crippen LogP contribution in [-0.4, -0.2) is 37.2 Å². The summed E-state index contributed by atoms with van der Waals surface area (Å²) >= 11 is 0. The van der Waals surface area contributed by atoms with Crippen LogP contribution in [0.3, 0.4) is 0 Å². The Morgan fingerprint density at radius 2 is 1.71 bits per heavy atom. The van der Waals surface area contributed by atoms with Gasteiger partial charge in [0.05, 0.1) is 13.2 Å². The molecule has 0 N–H and O–H groups in total. The first-order chi connectivity index (χ1) is 6.88. The van der Waals surface area contributed by atoms with E-state index in [0.29, 0.717) is 0 Å². The quantitative estimate of drug-likeness (QED) is 0.693. The van der Waals surface area contributed by atoms with Gasteiger partial charge in [0.1, 0.15) is 0 Å². The van der Waals surface area contributed by atoms with Crippen LogP contribution in [0.25, 0.3) is 0 Å². The highest BCUT2D eigenvalue weighted by Gasteiger charge is 2.17. The van der Waals surface area contributed by atoms with Gasteiger partial charge in [-0.15, -0.1) is 0 Å². The molecule has 2 nitrogen and oxygen atoms in total. The minimum Gasteiger partial charge on any atom is -0.379 e. The second kappa shape index (κ2) is 9.47. The smallest absolute Gasteiger partial charge is 0.0594 e. The van der Waals surface area contributed by atoms with Gasteiger partial charge in [-0.25, -0.2) is 0 Å². The lowest BCUT2D eigenvalue weighted by Gasteiger charge is -2.33. The van der Waals surface area contributed by atoms with Gasteiger partial charge in [0.2, 0.25) is 0 Å². The number of nitrogens with zero attached hydrogens (tertiary/aromatic N) is 1. The maximum atomic E-state index is 5.33. The minimum absolute atomic E-state index is 0.805. The molecule has 1 saturated heterocycles. The molecule has 1 atom stereocenters. The summed E-state index contributed by atoms with van der Waals surface area (Å²) in [5, 5.41) is 0. The van der Waals surface area contributed by atoms with Gasteiger partial charge in [-0.3, -0.25) is 4.90 Å². The summed E-state index contributed by atoms with van der Waals surface area (Å²) < 4.78 is 5.33. The normalized spacial score (nSPS) is 19.7. The molecular weight excluding hydrogens is 174 g/mol. The van der Waals surface area contributed by atoms with Crippen molar-refractivity contribution in [3.63, 3.8) is 0 Å². The first-order valence-corrected chi connectivity index (χ1v) is 6.20. The number of morpholine rings is 1. The molecule has 2 heteroatoms. The van der Waals surface area contributed by atoms with Crippen LogP contribution < -0.4 is 0 Å². The van der Waals surface area contributed by atoms with Crippen molar-refractivity contribution in [3.8, 4) is 0 Å². The van der Waals surface area contributed by atoms with E-state index >= 15 is 0 Å². The maximum Gasteiger partial charge on any atom is 0.0594 e. The highest BCUT2D eigenvalue weighted by molar-refractivity contribution is 4.71. The third kappa shape index (κ3) is 4.97. The average molecular weight is 201 g/mol. The SMILES string of the molecule is CC.CCCC(CC)N1CCOCC1. The van der Waals surface area contributed by atoms with Gasteiger partial charge in [-0.1, -0.05) is 34.1 Å². The Labute approximate surface area is 89.6 Å². The Kier molecular flexibility index (Phi) is 9.42. The lowest BCUT2D eigenvalue weighted by Crippen LogP contribution is -2.43. The van der Waals surface area contributed by atoms with Gasteiger partial charge in [0.25, 0.3) is 0 Å². The molecule has 0 aromatic rings. The van der Waals surface area contributed by atoms with Crippen molar-refractivity contribution in [2.75, 3.05) is 26.3 Å². The molecule has 0 aliphatic carbocycles. The molecule has 0 spiro atoms. The zero-order chi connectivity index (χ0) is 10.8. The highest BCUT2D eigenvalue weighted by atomic mass is 16.5. The highest BCUT2D eigenvalue weighted by Crippen LogP contribution is 2.12. The van der Waals surface area contributed by atoms with E-state index in [0.717, 1.165) is 32.3 Å². The molecular formula is C12H27NO. The van der Waals surface area contributed by atoms with Crippen LogP contribution in [0.2, 0.25) is 0 Å². The molecule has 1 aliphatic rings. The summed E-state index contributed by atoms with van der Waals surface area (Å²) in [6, 6.07) is 0.805. The fourth-order valence-corrected chi connectivity index (χ4v) is 1.92. The van der Waals surface area contributed by atoms with Crippen molar-refractivity contribution >= 4 is 0 Å². The van der Waals surface area contributed by atoms with Crippen molar-refractivity contribution in [3.05, 3.63) is 0 Å². The molecule has 0 aromatic heterocycles. The molecule has 14 heavy (non-hydrogen) atoms. The second-order valence-electron chi connectivity index (χ2n) is 3.50. The van der Waals surface area contributed by atoms with Crippen LogP contribution in [0.4, 0.5) is 0 Å². The largest absolute Gasteiger partial charge is 0.379 e. The van der Waals surface area contributed by atoms with Gasteiger partial charge in [-0.05, 0) is 12.8 Å². The van der Waals surface area contributed by atoms with Crippen molar-refractivity contribution in [1.29, 1.82) is 0 Å². The van der Waals surface area contributed by atoms with Crippen LogP contribution in [-0.2, 0) is 4.74 Å². The molecule has 1 rings (SSSR count). The zero-order valence-corrected chi connectivity index (χ0v) is 10.4. The van der Waals surface area contributed by atoms with E-state index in [1.54, 1.807) is 0 Å². The Morgan fingerprint density at radius 1 is 1.14 bits per heavy atom. The van der Waals surface area contributed by atoms with Crippen molar-refractivity contribution in [2.24, 2.45) is 0 Å². The van der Waals surface area contributed by atoms with Crippen LogP contribution in [0, 0.1) is 0 Å². The van der Waals surface area contributed by atoms with Crippen LogP contribution >= 0.6 is 0 Å². The van der Waals surface area contributed by atoms with Crippen LogP contribution in [0.5, 0.6) is 0 Å². The van der Waals surface area contributed by atoms with E-state index < -0.39 is 0 Å². The lowest BCUT2D eigenvalue weighted by molar-refractivity contribution is 0.0138. The molecule has 0 bridgehead atoms.